The monoisotopic (exact) mass is 286 g/mol. The third-order valence-electron chi connectivity index (χ3n) is 1.44. The number of ether oxygens (including phenoxy) is 1. The summed E-state index contributed by atoms with van der Waals surface area (Å²) in [7, 11) is 0. The molecular weight excluding hydrogens is 281 g/mol. The van der Waals surface area contributed by atoms with Crippen molar-refractivity contribution in [2.24, 2.45) is 5.73 Å². The first-order valence-corrected chi connectivity index (χ1v) is 4.46. The third kappa shape index (κ3) is 2.96. The number of halogens is 4. The molecule has 0 unspecified atom stereocenters. The highest BCUT2D eigenvalue weighted by Gasteiger charge is 2.33. The average molecular weight is 287 g/mol. The van der Waals surface area contributed by atoms with Gasteiger partial charge in [0.05, 0.1) is 11.9 Å². The van der Waals surface area contributed by atoms with Gasteiger partial charge in [-0.15, -0.1) is 13.2 Å². The minimum atomic E-state index is -4.86. The molecule has 0 aliphatic heterocycles. The van der Waals surface area contributed by atoms with Crippen LogP contribution >= 0.6 is 15.9 Å². The minimum absolute atomic E-state index is 0.1000. The van der Waals surface area contributed by atoms with Crippen molar-refractivity contribution in [2.45, 2.75) is 12.9 Å². The van der Waals surface area contributed by atoms with Crippen LogP contribution in [0.3, 0.4) is 0 Å². The summed E-state index contributed by atoms with van der Waals surface area (Å²) in [6, 6.07) is 0. The van der Waals surface area contributed by atoms with Gasteiger partial charge in [0, 0.05) is 6.54 Å². The molecule has 1 aromatic rings. The highest BCUT2D eigenvalue weighted by molar-refractivity contribution is 9.10. The van der Waals surface area contributed by atoms with E-state index in [1.165, 1.54) is 0 Å². The summed E-state index contributed by atoms with van der Waals surface area (Å²) in [5.41, 5.74) is 5.08. The molecule has 0 aliphatic rings. The zero-order valence-electron chi connectivity index (χ0n) is 7.18. The van der Waals surface area contributed by atoms with Crippen LogP contribution < -0.4 is 10.5 Å². The summed E-state index contributed by atoms with van der Waals surface area (Å²) < 4.78 is 39.4. The van der Waals surface area contributed by atoms with Crippen LogP contribution in [0.4, 0.5) is 13.2 Å². The molecule has 3 N–H and O–H groups in total. The first-order valence-electron chi connectivity index (χ1n) is 3.67. The Kier molecular flexibility index (Phi) is 3.40. The first kappa shape index (κ1) is 12.1. The van der Waals surface area contributed by atoms with E-state index in [-0.39, 0.29) is 16.7 Å². The number of aromatic nitrogens is 1. The number of hydrogen-bond acceptors (Lipinski definition) is 4. The Morgan fingerprint density at radius 1 is 1.53 bits per heavy atom. The SMILES string of the molecule is NCc1ncc(O)c(Br)c1OC(F)(F)F. The summed E-state index contributed by atoms with van der Waals surface area (Å²) >= 11 is 2.75. The molecule has 0 saturated heterocycles. The van der Waals surface area contributed by atoms with Gasteiger partial charge in [-0.05, 0) is 15.9 Å². The number of nitrogens with zero attached hydrogens (tertiary/aromatic N) is 1. The van der Waals surface area contributed by atoms with Crippen LogP contribution in [0.25, 0.3) is 0 Å². The summed E-state index contributed by atoms with van der Waals surface area (Å²) in [6.07, 6.45) is -3.88. The Labute approximate surface area is 91.0 Å². The number of pyridine rings is 1. The molecule has 1 rings (SSSR count). The van der Waals surface area contributed by atoms with Crippen molar-refractivity contribution in [3.8, 4) is 11.5 Å². The van der Waals surface area contributed by atoms with Crippen molar-refractivity contribution in [2.75, 3.05) is 0 Å². The second-order valence-electron chi connectivity index (χ2n) is 2.49. The minimum Gasteiger partial charge on any atom is -0.505 e. The first-order chi connectivity index (χ1) is 6.85. The Bertz CT molecular complexity index is 370. The Morgan fingerprint density at radius 2 is 2.13 bits per heavy atom. The molecule has 0 radical (unpaired) electrons. The second-order valence-corrected chi connectivity index (χ2v) is 3.28. The summed E-state index contributed by atoms with van der Waals surface area (Å²) in [5, 5.41) is 9.12. The van der Waals surface area contributed by atoms with Gasteiger partial charge in [-0.2, -0.15) is 0 Å². The topological polar surface area (TPSA) is 68.4 Å². The zero-order chi connectivity index (χ0) is 11.6. The van der Waals surface area contributed by atoms with Crippen molar-refractivity contribution in [3.63, 3.8) is 0 Å². The van der Waals surface area contributed by atoms with Crippen LogP contribution in [0.2, 0.25) is 0 Å². The largest absolute Gasteiger partial charge is 0.573 e. The summed E-state index contributed by atoms with van der Waals surface area (Å²) in [6.45, 7) is -0.232. The lowest BCUT2D eigenvalue weighted by atomic mass is 10.3. The van der Waals surface area contributed by atoms with Gasteiger partial charge in [-0.3, -0.25) is 4.98 Å². The predicted molar refractivity (Wildman–Crippen MR) is 48.2 cm³/mol. The molecule has 0 atom stereocenters. The van der Waals surface area contributed by atoms with E-state index in [4.69, 9.17) is 10.8 Å². The molecule has 8 heteroatoms. The van der Waals surface area contributed by atoms with E-state index in [1.54, 1.807) is 0 Å². The molecule has 0 amide bonds. The quantitative estimate of drug-likeness (QED) is 0.871. The van der Waals surface area contributed by atoms with Gasteiger partial charge in [0.1, 0.15) is 4.47 Å². The van der Waals surface area contributed by atoms with Crippen molar-refractivity contribution in [1.29, 1.82) is 0 Å². The smallest absolute Gasteiger partial charge is 0.505 e. The average Bonchev–Trinajstić information content (AvgIpc) is 2.11. The number of nitrogens with two attached hydrogens (primary N) is 1. The van der Waals surface area contributed by atoms with Gasteiger partial charge in [0.2, 0.25) is 0 Å². The number of alkyl halides is 3. The summed E-state index contributed by atoms with van der Waals surface area (Å²) in [4.78, 5) is 3.51. The molecule has 0 aliphatic carbocycles. The normalized spacial score (nSPS) is 11.5. The number of hydrogen-bond donors (Lipinski definition) is 2. The zero-order valence-corrected chi connectivity index (χ0v) is 8.76. The molecule has 1 aromatic heterocycles. The molecule has 15 heavy (non-hydrogen) atoms. The van der Waals surface area contributed by atoms with Gasteiger partial charge >= 0.3 is 6.36 Å². The Hall–Kier alpha value is -1.02. The highest BCUT2D eigenvalue weighted by Crippen LogP contribution is 2.37. The predicted octanol–water partition coefficient (Wildman–Crippen LogP) is 1.91. The lowest BCUT2D eigenvalue weighted by Crippen LogP contribution is -2.19. The van der Waals surface area contributed by atoms with Gasteiger partial charge in [0.25, 0.3) is 0 Å². The van der Waals surface area contributed by atoms with Crippen LogP contribution in [0.15, 0.2) is 10.7 Å². The van der Waals surface area contributed by atoms with Crippen molar-refractivity contribution in [1.82, 2.24) is 4.98 Å². The van der Waals surface area contributed by atoms with Gasteiger partial charge in [-0.1, -0.05) is 0 Å². The molecule has 0 spiro atoms. The van der Waals surface area contributed by atoms with Crippen LogP contribution in [0.1, 0.15) is 5.69 Å². The number of aromatic hydroxyl groups is 1. The number of rotatable bonds is 2. The molecule has 0 fully saturated rings. The Balaban J connectivity index is 3.18. The molecule has 84 valence electrons. The van der Waals surface area contributed by atoms with E-state index in [2.05, 4.69) is 25.7 Å². The standard InChI is InChI=1S/C7H6BrF3N2O2/c8-5-4(14)2-13-3(1-12)6(5)15-7(9,10)11/h2,14H,1,12H2. The van der Waals surface area contributed by atoms with E-state index in [9.17, 15) is 13.2 Å². The van der Waals surface area contributed by atoms with Crippen LogP contribution in [0, 0.1) is 0 Å². The highest BCUT2D eigenvalue weighted by atomic mass is 79.9. The molecule has 0 aromatic carbocycles. The lowest BCUT2D eigenvalue weighted by Gasteiger charge is -2.13. The fourth-order valence-electron chi connectivity index (χ4n) is 0.862. The second kappa shape index (κ2) is 4.23. The maximum atomic E-state index is 12.0. The van der Waals surface area contributed by atoms with E-state index in [1.807, 2.05) is 0 Å². The Morgan fingerprint density at radius 3 is 2.60 bits per heavy atom. The van der Waals surface area contributed by atoms with E-state index >= 15 is 0 Å². The molecule has 0 bridgehead atoms. The molecule has 0 saturated carbocycles. The van der Waals surface area contributed by atoms with Crippen molar-refractivity contribution < 1.29 is 23.0 Å². The van der Waals surface area contributed by atoms with E-state index < -0.39 is 17.9 Å². The van der Waals surface area contributed by atoms with Gasteiger partial charge < -0.3 is 15.6 Å². The van der Waals surface area contributed by atoms with Gasteiger partial charge in [0.15, 0.2) is 11.5 Å². The lowest BCUT2D eigenvalue weighted by molar-refractivity contribution is -0.275. The van der Waals surface area contributed by atoms with Crippen LogP contribution in [-0.2, 0) is 6.54 Å². The molecule has 4 nitrogen and oxygen atoms in total. The van der Waals surface area contributed by atoms with Gasteiger partial charge in [-0.25, -0.2) is 0 Å². The fraction of sp³-hybridized carbons (Fsp3) is 0.286. The molecular formula is C7H6BrF3N2O2. The van der Waals surface area contributed by atoms with Crippen molar-refractivity contribution >= 4 is 15.9 Å². The maximum absolute atomic E-state index is 12.0. The van der Waals surface area contributed by atoms with Crippen LogP contribution in [0.5, 0.6) is 11.5 Å². The van der Waals surface area contributed by atoms with E-state index in [0.717, 1.165) is 6.20 Å². The third-order valence-corrected chi connectivity index (χ3v) is 2.21. The molecule has 1 heterocycles. The maximum Gasteiger partial charge on any atom is 0.573 e. The summed E-state index contributed by atoms with van der Waals surface area (Å²) in [5.74, 6) is -1.07. The fourth-order valence-corrected chi connectivity index (χ4v) is 1.27. The van der Waals surface area contributed by atoms with Crippen molar-refractivity contribution in [3.05, 3.63) is 16.4 Å². The van der Waals surface area contributed by atoms with E-state index in [0.29, 0.717) is 0 Å². The van der Waals surface area contributed by atoms with Crippen LogP contribution in [-0.4, -0.2) is 16.5 Å².